The standard InChI is InChI=1S/C14H18BrNOS/c15-11-6-8-18-14(11)13(17)9-16-7-2-4-10-3-1-5-12(10)16/h6,8,10,12H,1-5,7,9H2. The highest BCUT2D eigenvalue weighted by molar-refractivity contribution is 9.10. The third-order valence-electron chi connectivity index (χ3n) is 4.33. The summed E-state index contributed by atoms with van der Waals surface area (Å²) in [5.41, 5.74) is 0. The summed E-state index contributed by atoms with van der Waals surface area (Å²) in [5.74, 6) is 1.14. The zero-order valence-corrected chi connectivity index (χ0v) is 12.8. The number of rotatable bonds is 3. The lowest BCUT2D eigenvalue weighted by molar-refractivity contribution is 0.0780. The molecule has 2 nitrogen and oxygen atoms in total. The van der Waals surface area contributed by atoms with Crippen molar-refractivity contribution in [1.82, 2.24) is 4.90 Å². The van der Waals surface area contributed by atoms with Crippen LogP contribution < -0.4 is 0 Å². The van der Waals surface area contributed by atoms with E-state index in [4.69, 9.17) is 0 Å². The third kappa shape index (κ3) is 2.43. The summed E-state index contributed by atoms with van der Waals surface area (Å²) >= 11 is 5.01. The molecule has 2 unspecified atom stereocenters. The van der Waals surface area contributed by atoms with E-state index in [1.807, 2.05) is 11.4 Å². The highest BCUT2D eigenvalue weighted by Crippen LogP contribution is 2.37. The summed E-state index contributed by atoms with van der Waals surface area (Å²) in [5, 5.41) is 1.98. The van der Waals surface area contributed by atoms with E-state index in [1.165, 1.54) is 32.1 Å². The van der Waals surface area contributed by atoms with Gasteiger partial charge in [-0.05, 0) is 65.5 Å². The van der Waals surface area contributed by atoms with Crippen LogP contribution in [-0.2, 0) is 0 Å². The molecule has 0 amide bonds. The molecule has 2 heterocycles. The van der Waals surface area contributed by atoms with E-state index in [0.717, 1.165) is 21.8 Å². The smallest absolute Gasteiger partial charge is 0.187 e. The van der Waals surface area contributed by atoms with Crippen molar-refractivity contribution in [2.24, 2.45) is 5.92 Å². The first-order chi connectivity index (χ1) is 8.75. The van der Waals surface area contributed by atoms with Crippen LogP contribution in [0.1, 0.15) is 41.8 Å². The van der Waals surface area contributed by atoms with Gasteiger partial charge in [-0.3, -0.25) is 9.69 Å². The van der Waals surface area contributed by atoms with Gasteiger partial charge < -0.3 is 0 Å². The number of piperidine rings is 1. The topological polar surface area (TPSA) is 20.3 Å². The predicted octanol–water partition coefficient (Wildman–Crippen LogP) is 3.96. The maximum Gasteiger partial charge on any atom is 0.187 e. The summed E-state index contributed by atoms with van der Waals surface area (Å²) < 4.78 is 0.956. The Balaban J connectivity index is 1.69. The highest BCUT2D eigenvalue weighted by atomic mass is 79.9. The maximum atomic E-state index is 12.3. The molecule has 0 N–H and O–H groups in total. The number of carbonyl (C=O) groups is 1. The van der Waals surface area contributed by atoms with Gasteiger partial charge in [-0.1, -0.05) is 6.42 Å². The number of halogens is 1. The number of Topliss-reactive ketones (excluding diaryl/α,β-unsaturated/α-hetero) is 1. The molecule has 1 aliphatic heterocycles. The van der Waals surface area contributed by atoms with Gasteiger partial charge in [-0.25, -0.2) is 0 Å². The Labute approximate surface area is 120 Å². The molecule has 1 aromatic heterocycles. The number of thiophene rings is 1. The van der Waals surface area contributed by atoms with Gasteiger partial charge in [0.15, 0.2) is 5.78 Å². The largest absolute Gasteiger partial charge is 0.293 e. The van der Waals surface area contributed by atoms with Crippen molar-refractivity contribution in [3.8, 4) is 0 Å². The van der Waals surface area contributed by atoms with Crippen LogP contribution in [0.25, 0.3) is 0 Å². The van der Waals surface area contributed by atoms with Crippen molar-refractivity contribution in [3.05, 3.63) is 20.8 Å². The Kier molecular flexibility index (Phi) is 3.87. The molecule has 1 saturated carbocycles. The Morgan fingerprint density at radius 2 is 2.22 bits per heavy atom. The number of hydrogen-bond acceptors (Lipinski definition) is 3. The number of carbonyl (C=O) groups excluding carboxylic acids is 1. The second-order valence-corrected chi connectivity index (χ2v) is 7.16. The Morgan fingerprint density at radius 1 is 1.39 bits per heavy atom. The van der Waals surface area contributed by atoms with Crippen molar-refractivity contribution in [2.45, 2.75) is 38.1 Å². The first-order valence-electron chi connectivity index (χ1n) is 6.76. The molecule has 3 rings (SSSR count). The molecular weight excluding hydrogens is 310 g/mol. The van der Waals surface area contributed by atoms with Crippen LogP contribution in [-0.4, -0.2) is 29.8 Å². The lowest BCUT2D eigenvalue weighted by Crippen LogP contribution is -2.45. The molecule has 2 fully saturated rings. The molecule has 98 valence electrons. The van der Waals surface area contributed by atoms with Crippen LogP contribution in [0.5, 0.6) is 0 Å². The predicted molar refractivity (Wildman–Crippen MR) is 78.3 cm³/mol. The van der Waals surface area contributed by atoms with Crippen molar-refractivity contribution in [1.29, 1.82) is 0 Å². The van der Waals surface area contributed by atoms with E-state index < -0.39 is 0 Å². The first kappa shape index (κ1) is 12.8. The van der Waals surface area contributed by atoms with E-state index >= 15 is 0 Å². The first-order valence-corrected chi connectivity index (χ1v) is 8.43. The zero-order valence-electron chi connectivity index (χ0n) is 10.4. The number of hydrogen-bond donors (Lipinski definition) is 0. The van der Waals surface area contributed by atoms with Crippen LogP contribution in [0.3, 0.4) is 0 Å². The molecule has 0 radical (unpaired) electrons. The van der Waals surface area contributed by atoms with E-state index in [0.29, 0.717) is 12.6 Å². The van der Waals surface area contributed by atoms with Crippen molar-refractivity contribution >= 4 is 33.0 Å². The second kappa shape index (κ2) is 5.43. The molecule has 18 heavy (non-hydrogen) atoms. The average Bonchev–Trinajstić information content (AvgIpc) is 2.97. The number of fused-ring (bicyclic) bond motifs is 1. The van der Waals surface area contributed by atoms with Crippen LogP contribution in [0.15, 0.2) is 15.9 Å². The van der Waals surface area contributed by atoms with E-state index in [9.17, 15) is 4.79 Å². The quantitative estimate of drug-likeness (QED) is 0.783. The Bertz CT molecular complexity index is 445. The summed E-state index contributed by atoms with van der Waals surface area (Å²) in [6, 6.07) is 2.65. The average molecular weight is 328 g/mol. The zero-order chi connectivity index (χ0) is 12.5. The SMILES string of the molecule is O=C(CN1CCCC2CCCC21)c1sccc1Br. The van der Waals surface area contributed by atoms with Gasteiger partial charge in [0.05, 0.1) is 11.4 Å². The summed E-state index contributed by atoms with van der Waals surface area (Å²) in [4.78, 5) is 15.6. The Hall–Kier alpha value is -0.190. The van der Waals surface area contributed by atoms with Crippen LogP contribution in [0.4, 0.5) is 0 Å². The van der Waals surface area contributed by atoms with Crippen molar-refractivity contribution in [3.63, 3.8) is 0 Å². The van der Waals surface area contributed by atoms with Gasteiger partial charge in [-0.2, -0.15) is 0 Å². The number of nitrogens with zero attached hydrogens (tertiary/aromatic N) is 1. The fourth-order valence-electron chi connectivity index (χ4n) is 3.50. The molecule has 0 spiro atoms. The summed E-state index contributed by atoms with van der Waals surface area (Å²) in [7, 11) is 0. The van der Waals surface area contributed by atoms with Gasteiger partial charge in [0, 0.05) is 10.5 Å². The number of ketones is 1. The lowest BCUT2D eigenvalue weighted by Gasteiger charge is -2.37. The number of likely N-dealkylation sites (tertiary alicyclic amines) is 1. The van der Waals surface area contributed by atoms with Crippen LogP contribution >= 0.6 is 27.3 Å². The molecule has 2 aliphatic rings. The molecule has 0 bridgehead atoms. The summed E-state index contributed by atoms with van der Waals surface area (Å²) in [6.07, 6.45) is 6.66. The molecule has 2 atom stereocenters. The second-order valence-electron chi connectivity index (χ2n) is 5.39. The van der Waals surface area contributed by atoms with E-state index in [-0.39, 0.29) is 5.78 Å². The minimum absolute atomic E-state index is 0.282. The maximum absolute atomic E-state index is 12.3. The monoisotopic (exact) mass is 327 g/mol. The van der Waals surface area contributed by atoms with Gasteiger partial charge in [0.25, 0.3) is 0 Å². The lowest BCUT2D eigenvalue weighted by atomic mass is 9.92. The molecule has 0 aromatic carbocycles. The van der Waals surface area contributed by atoms with Crippen molar-refractivity contribution < 1.29 is 4.79 Å². The normalized spacial score (nSPS) is 28.3. The molecule has 1 saturated heterocycles. The van der Waals surface area contributed by atoms with Gasteiger partial charge in [-0.15, -0.1) is 11.3 Å². The van der Waals surface area contributed by atoms with Crippen molar-refractivity contribution in [2.75, 3.05) is 13.1 Å². The highest BCUT2D eigenvalue weighted by Gasteiger charge is 2.35. The van der Waals surface area contributed by atoms with Gasteiger partial charge in [0.2, 0.25) is 0 Å². The molecule has 1 aliphatic carbocycles. The minimum atomic E-state index is 0.282. The summed E-state index contributed by atoms with van der Waals surface area (Å²) in [6.45, 7) is 1.72. The van der Waals surface area contributed by atoms with E-state index in [1.54, 1.807) is 11.3 Å². The minimum Gasteiger partial charge on any atom is -0.293 e. The van der Waals surface area contributed by atoms with E-state index in [2.05, 4.69) is 20.8 Å². The molecular formula is C14H18BrNOS. The van der Waals surface area contributed by atoms with Gasteiger partial charge in [0.1, 0.15) is 0 Å². The molecule has 1 aromatic rings. The third-order valence-corrected chi connectivity index (χ3v) is 6.20. The van der Waals surface area contributed by atoms with Crippen LogP contribution in [0, 0.1) is 5.92 Å². The Morgan fingerprint density at radius 3 is 3.00 bits per heavy atom. The van der Waals surface area contributed by atoms with Gasteiger partial charge >= 0.3 is 0 Å². The molecule has 4 heteroatoms. The fraction of sp³-hybridized carbons (Fsp3) is 0.643. The van der Waals surface area contributed by atoms with Crippen LogP contribution in [0.2, 0.25) is 0 Å². The fourth-order valence-corrected chi connectivity index (χ4v) is 5.03.